The number of carbonyl (C=O) groups excluding carboxylic acids is 1. The largest absolute Gasteiger partial charge is 0.550 e. The Morgan fingerprint density at radius 2 is 2.00 bits per heavy atom. The van der Waals surface area contributed by atoms with E-state index >= 15 is 0 Å². The summed E-state index contributed by atoms with van der Waals surface area (Å²) in [6, 6.07) is 5.06. The standard InChI is InChI=1S/C19H24N2O4/c1-18(2)8-13-9-19(3,10-18)16-14(17(22)23)7-11-6-12(21(24)25)4-5-15(11)20(13)16/h4-6,13-14,16H,7-10H2,1-3H3,(H,22,23)/p-1/t13-,14-,16+,19+/m0/s1. The van der Waals surface area contributed by atoms with Crippen molar-refractivity contribution >= 4 is 17.3 Å². The number of hydrogen-bond acceptors (Lipinski definition) is 5. The summed E-state index contributed by atoms with van der Waals surface area (Å²) in [5.41, 5.74) is 1.83. The Kier molecular flexibility index (Phi) is 3.25. The Bertz CT molecular complexity index is 775. The van der Waals surface area contributed by atoms with Gasteiger partial charge < -0.3 is 14.8 Å². The van der Waals surface area contributed by atoms with Crippen LogP contribution in [0.25, 0.3) is 0 Å². The molecule has 6 heteroatoms. The summed E-state index contributed by atoms with van der Waals surface area (Å²) in [5.74, 6) is -1.67. The van der Waals surface area contributed by atoms with Gasteiger partial charge in [-0.2, -0.15) is 0 Å². The number of carboxylic acids is 1. The fraction of sp³-hybridized carbons (Fsp3) is 0.632. The first-order valence-corrected chi connectivity index (χ1v) is 8.88. The van der Waals surface area contributed by atoms with Gasteiger partial charge in [-0.3, -0.25) is 10.1 Å². The quantitative estimate of drug-likeness (QED) is 0.607. The zero-order valence-electron chi connectivity index (χ0n) is 14.8. The molecule has 1 aromatic carbocycles. The molecule has 1 aliphatic carbocycles. The van der Waals surface area contributed by atoms with Crippen molar-refractivity contribution in [2.45, 2.75) is 58.5 Å². The van der Waals surface area contributed by atoms with Crippen LogP contribution in [-0.2, 0) is 11.2 Å². The van der Waals surface area contributed by atoms with E-state index in [4.69, 9.17) is 0 Å². The van der Waals surface area contributed by atoms with Crippen molar-refractivity contribution in [2.75, 3.05) is 4.90 Å². The van der Waals surface area contributed by atoms with Crippen LogP contribution >= 0.6 is 0 Å². The molecular weight excluding hydrogens is 320 g/mol. The number of fused-ring (bicyclic) bond motifs is 7. The highest BCUT2D eigenvalue weighted by molar-refractivity contribution is 5.75. The molecule has 0 spiro atoms. The SMILES string of the molecule is CC1(C)C[C@H]2C[C@](C)(C1)[C@H]1[C@@H](C(=O)[O-])Cc3cc([N+](=O)[O-])ccc3N21. The summed E-state index contributed by atoms with van der Waals surface area (Å²) in [5, 5.41) is 23.1. The van der Waals surface area contributed by atoms with Crippen LogP contribution in [0.4, 0.5) is 11.4 Å². The molecule has 2 bridgehead atoms. The minimum Gasteiger partial charge on any atom is -0.550 e. The molecule has 3 aliphatic rings. The van der Waals surface area contributed by atoms with E-state index in [1.165, 1.54) is 12.1 Å². The summed E-state index contributed by atoms with van der Waals surface area (Å²) in [7, 11) is 0. The van der Waals surface area contributed by atoms with E-state index in [1.807, 2.05) is 6.07 Å². The normalized spacial score (nSPS) is 35.0. The second-order valence-corrected chi connectivity index (χ2v) is 9.11. The number of rotatable bonds is 2. The molecule has 0 unspecified atom stereocenters. The van der Waals surface area contributed by atoms with Crippen molar-refractivity contribution in [3.63, 3.8) is 0 Å². The first kappa shape index (κ1) is 16.4. The van der Waals surface area contributed by atoms with Gasteiger partial charge in [-0.05, 0) is 48.1 Å². The van der Waals surface area contributed by atoms with Crippen LogP contribution in [0.2, 0.25) is 0 Å². The van der Waals surface area contributed by atoms with E-state index in [1.54, 1.807) is 0 Å². The van der Waals surface area contributed by atoms with E-state index in [-0.39, 0.29) is 28.6 Å². The molecule has 1 aromatic rings. The van der Waals surface area contributed by atoms with Gasteiger partial charge in [-0.1, -0.05) is 20.8 Å². The fourth-order valence-corrected chi connectivity index (χ4v) is 6.16. The number of hydrogen-bond donors (Lipinski definition) is 0. The van der Waals surface area contributed by atoms with Crippen LogP contribution in [0.1, 0.15) is 45.6 Å². The van der Waals surface area contributed by atoms with Crippen molar-refractivity contribution in [3.05, 3.63) is 33.9 Å². The number of nitro benzene ring substituents is 1. The van der Waals surface area contributed by atoms with Gasteiger partial charge in [0.25, 0.3) is 5.69 Å². The Hall–Kier alpha value is -2.11. The highest BCUT2D eigenvalue weighted by Crippen LogP contribution is 2.60. The Labute approximate surface area is 147 Å². The topological polar surface area (TPSA) is 86.5 Å². The van der Waals surface area contributed by atoms with Crippen LogP contribution in [0.15, 0.2) is 18.2 Å². The smallest absolute Gasteiger partial charge is 0.269 e. The lowest BCUT2D eigenvalue weighted by atomic mass is 9.61. The highest BCUT2D eigenvalue weighted by atomic mass is 16.6. The average molecular weight is 343 g/mol. The van der Waals surface area contributed by atoms with E-state index in [2.05, 4.69) is 25.7 Å². The van der Waals surface area contributed by atoms with Gasteiger partial charge in [0.1, 0.15) is 0 Å². The number of carboxylic acid groups (broad SMARTS) is 1. The second kappa shape index (κ2) is 4.96. The minimum absolute atomic E-state index is 0.0167. The molecule has 0 radical (unpaired) electrons. The number of carbonyl (C=O) groups is 1. The lowest BCUT2D eigenvalue weighted by molar-refractivity contribution is -0.384. The van der Waals surface area contributed by atoms with Gasteiger partial charge in [0, 0.05) is 41.8 Å². The molecule has 4 rings (SSSR count). The summed E-state index contributed by atoms with van der Waals surface area (Å²) in [4.78, 5) is 24.9. The van der Waals surface area contributed by atoms with Crippen molar-refractivity contribution in [2.24, 2.45) is 16.7 Å². The Morgan fingerprint density at radius 3 is 2.64 bits per heavy atom. The maximum absolute atomic E-state index is 11.9. The predicted molar refractivity (Wildman–Crippen MR) is 91.1 cm³/mol. The zero-order chi connectivity index (χ0) is 18.1. The van der Waals surface area contributed by atoms with Crippen molar-refractivity contribution in [3.8, 4) is 0 Å². The summed E-state index contributed by atoms with van der Waals surface area (Å²) in [6.45, 7) is 6.71. The molecule has 2 fully saturated rings. The van der Waals surface area contributed by atoms with Crippen molar-refractivity contribution in [1.29, 1.82) is 0 Å². The molecule has 0 amide bonds. The lowest BCUT2D eigenvalue weighted by Gasteiger charge is -2.46. The summed E-state index contributed by atoms with van der Waals surface area (Å²) in [6.07, 6.45) is 3.28. The zero-order valence-corrected chi connectivity index (χ0v) is 14.8. The fourth-order valence-electron chi connectivity index (χ4n) is 6.16. The third kappa shape index (κ3) is 2.34. The Morgan fingerprint density at radius 1 is 1.28 bits per heavy atom. The molecule has 4 atom stereocenters. The van der Waals surface area contributed by atoms with E-state index in [9.17, 15) is 20.0 Å². The van der Waals surface area contributed by atoms with E-state index < -0.39 is 16.8 Å². The number of nitrogens with zero attached hydrogens (tertiary/aromatic N) is 2. The van der Waals surface area contributed by atoms with Crippen LogP contribution < -0.4 is 10.0 Å². The van der Waals surface area contributed by atoms with Crippen molar-refractivity contribution < 1.29 is 14.8 Å². The molecule has 2 aliphatic heterocycles. The maximum Gasteiger partial charge on any atom is 0.269 e. The molecule has 0 N–H and O–H groups in total. The molecule has 25 heavy (non-hydrogen) atoms. The number of benzene rings is 1. The van der Waals surface area contributed by atoms with Crippen molar-refractivity contribution in [1.82, 2.24) is 0 Å². The maximum atomic E-state index is 11.9. The van der Waals surface area contributed by atoms with Gasteiger partial charge in [0.15, 0.2) is 0 Å². The van der Waals surface area contributed by atoms with Crippen LogP contribution in [0.3, 0.4) is 0 Å². The molecule has 6 nitrogen and oxygen atoms in total. The summed E-state index contributed by atoms with van der Waals surface area (Å²) < 4.78 is 0. The number of aliphatic carboxylic acids is 1. The minimum atomic E-state index is -1.04. The highest BCUT2D eigenvalue weighted by Gasteiger charge is 2.59. The molecule has 2 heterocycles. The third-order valence-corrected chi connectivity index (χ3v) is 6.46. The van der Waals surface area contributed by atoms with Crippen LogP contribution in [0, 0.1) is 26.9 Å². The monoisotopic (exact) mass is 343 g/mol. The number of non-ortho nitro benzene ring substituents is 1. The van der Waals surface area contributed by atoms with Gasteiger partial charge in [0.2, 0.25) is 0 Å². The molecular formula is C19H23N2O4-. The van der Waals surface area contributed by atoms with Gasteiger partial charge >= 0.3 is 0 Å². The molecule has 1 saturated heterocycles. The van der Waals surface area contributed by atoms with Gasteiger partial charge in [-0.15, -0.1) is 0 Å². The number of anilines is 1. The van der Waals surface area contributed by atoms with Gasteiger partial charge in [0.05, 0.1) is 4.92 Å². The molecule has 134 valence electrons. The first-order chi connectivity index (χ1) is 11.6. The number of nitro groups is 1. The van der Waals surface area contributed by atoms with Crippen LogP contribution in [0.5, 0.6) is 0 Å². The van der Waals surface area contributed by atoms with E-state index in [0.717, 1.165) is 30.5 Å². The molecule has 1 saturated carbocycles. The summed E-state index contributed by atoms with van der Waals surface area (Å²) >= 11 is 0. The third-order valence-electron chi connectivity index (χ3n) is 6.46. The Balaban J connectivity index is 1.87. The molecule has 0 aromatic heterocycles. The van der Waals surface area contributed by atoms with E-state index in [0.29, 0.717) is 6.42 Å². The predicted octanol–water partition coefficient (Wildman–Crippen LogP) is 2.29. The van der Waals surface area contributed by atoms with Crippen LogP contribution in [-0.4, -0.2) is 23.0 Å². The lowest BCUT2D eigenvalue weighted by Crippen LogP contribution is -2.54. The average Bonchev–Trinajstić information content (AvgIpc) is 2.72. The second-order valence-electron chi connectivity index (χ2n) is 9.11. The first-order valence-electron chi connectivity index (χ1n) is 8.88. The van der Waals surface area contributed by atoms with Gasteiger partial charge in [-0.25, -0.2) is 0 Å².